The first-order valence-electron chi connectivity index (χ1n) is 8.68. The lowest BCUT2D eigenvalue weighted by Gasteiger charge is -2.22. The molecule has 4 rings (SSSR count). The minimum absolute atomic E-state index is 0.0581. The van der Waals surface area contributed by atoms with Crippen LogP contribution >= 0.6 is 0 Å². The fourth-order valence-corrected chi connectivity index (χ4v) is 3.27. The molecule has 2 heterocycles. The van der Waals surface area contributed by atoms with E-state index in [1.165, 1.54) is 30.3 Å². The predicted molar refractivity (Wildman–Crippen MR) is 95.8 cm³/mol. The van der Waals surface area contributed by atoms with Gasteiger partial charge in [0.2, 0.25) is 5.89 Å². The molecule has 1 fully saturated rings. The van der Waals surface area contributed by atoms with Crippen LogP contribution in [0.25, 0.3) is 11.5 Å². The molecule has 0 N–H and O–H groups in total. The van der Waals surface area contributed by atoms with E-state index in [0.717, 1.165) is 6.42 Å². The second-order valence-corrected chi connectivity index (χ2v) is 6.39. The van der Waals surface area contributed by atoms with E-state index in [1.54, 1.807) is 23.1 Å². The molecule has 0 radical (unpaired) electrons. The van der Waals surface area contributed by atoms with Crippen LogP contribution in [0.5, 0.6) is 0 Å². The Morgan fingerprint density at radius 3 is 2.64 bits per heavy atom. The first-order valence-corrected chi connectivity index (χ1v) is 8.68. The molecule has 28 heavy (non-hydrogen) atoms. The van der Waals surface area contributed by atoms with Crippen LogP contribution in [-0.2, 0) is 0 Å². The summed E-state index contributed by atoms with van der Waals surface area (Å²) in [5.74, 6) is -0.445. The smallest absolute Gasteiger partial charge is 0.269 e. The molecule has 1 aliphatic heterocycles. The number of nitro benzene ring substituents is 1. The van der Waals surface area contributed by atoms with E-state index >= 15 is 0 Å². The van der Waals surface area contributed by atoms with Crippen molar-refractivity contribution >= 4 is 11.6 Å². The molecule has 142 valence electrons. The summed E-state index contributed by atoms with van der Waals surface area (Å²) >= 11 is 0. The Morgan fingerprint density at radius 1 is 1.18 bits per heavy atom. The number of nitrogens with zero attached hydrogens (tertiary/aromatic N) is 4. The quantitative estimate of drug-likeness (QED) is 0.503. The molecule has 0 saturated carbocycles. The minimum atomic E-state index is -0.518. The van der Waals surface area contributed by atoms with E-state index in [4.69, 9.17) is 4.42 Å². The van der Waals surface area contributed by atoms with Gasteiger partial charge in [-0.3, -0.25) is 14.9 Å². The van der Waals surface area contributed by atoms with E-state index in [9.17, 15) is 19.3 Å². The molecule has 0 spiro atoms. The maximum atomic E-state index is 13.9. The molecule has 1 aliphatic rings. The monoisotopic (exact) mass is 382 g/mol. The van der Waals surface area contributed by atoms with Crippen molar-refractivity contribution in [3.05, 3.63) is 75.9 Å². The third kappa shape index (κ3) is 3.22. The van der Waals surface area contributed by atoms with Gasteiger partial charge in [-0.15, -0.1) is 10.2 Å². The van der Waals surface area contributed by atoms with Gasteiger partial charge in [0.25, 0.3) is 17.5 Å². The molecule has 9 heteroatoms. The lowest BCUT2D eigenvalue weighted by atomic mass is 10.1. The molecule has 0 aliphatic carbocycles. The van der Waals surface area contributed by atoms with Crippen LogP contribution < -0.4 is 0 Å². The standard InChI is InChI=1S/C19H15FN4O4/c20-15-5-2-1-4-14(15)17-21-22-18(28-17)16-6-3-11-23(16)19(25)12-7-9-13(10-8-12)24(26)27/h1-2,4-5,7-10,16H,3,6,11H2. The van der Waals surface area contributed by atoms with Gasteiger partial charge in [0, 0.05) is 24.2 Å². The first kappa shape index (κ1) is 17.8. The Balaban J connectivity index is 1.58. The van der Waals surface area contributed by atoms with Crippen molar-refractivity contribution in [2.45, 2.75) is 18.9 Å². The number of carbonyl (C=O) groups is 1. The van der Waals surface area contributed by atoms with Crippen molar-refractivity contribution in [3.63, 3.8) is 0 Å². The lowest BCUT2D eigenvalue weighted by Crippen LogP contribution is -2.30. The molecular weight excluding hydrogens is 367 g/mol. The number of hydrogen-bond donors (Lipinski definition) is 0. The van der Waals surface area contributed by atoms with Crippen molar-refractivity contribution in [1.82, 2.24) is 15.1 Å². The van der Waals surface area contributed by atoms with Gasteiger partial charge >= 0.3 is 0 Å². The summed E-state index contributed by atoms with van der Waals surface area (Å²) in [5, 5.41) is 18.7. The normalized spacial score (nSPS) is 16.3. The van der Waals surface area contributed by atoms with Crippen LogP contribution in [0, 0.1) is 15.9 Å². The molecule has 1 aromatic heterocycles. The van der Waals surface area contributed by atoms with Gasteiger partial charge in [-0.2, -0.15) is 0 Å². The summed E-state index contributed by atoms with van der Waals surface area (Å²) in [5.41, 5.74) is 0.458. The van der Waals surface area contributed by atoms with Crippen LogP contribution in [0.3, 0.4) is 0 Å². The van der Waals surface area contributed by atoms with Gasteiger partial charge in [0.05, 0.1) is 10.5 Å². The van der Waals surface area contributed by atoms with E-state index in [0.29, 0.717) is 18.5 Å². The molecule has 2 aromatic carbocycles. The Labute approximate surface area is 158 Å². The second kappa shape index (κ2) is 7.18. The zero-order valence-corrected chi connectivity index (χ0v) is 14.6. The zero-order chi connectivity index (χ0) is 19.7. The second-order valence-electron chi connectivity index (χ2n) is 6.39. The van der Waals surface area contributed by atoms with Crippen LogP contribution in [0.15, 0.2) is 52.9 Å². The van der Waals surface area contributed by atoms with Crippen LogP contribution in [0.1, 0.15) is 35.1 Å². The maximum Gasteiger partial charge on any atom is 0.269 e. The number of aromatic nitrogens is 2. The molecular formula is C19H15FN4O4. The third-order valence-electron chi connectivity index (χ3n) is 4.67. The summed E-state index contributed by atoms with van der Waals surface area (Å²) < 4.78 is 19.6. The third-order valence-corrected chi connectivity index (χ3v) is 4.67. The molecule has 8 nitrogen and oxygen atoms in total. The lowest BCUT2D eigenvalue weighted by molar-refractivity contribution is -0.384. The summed E-state index contributed by atoms with van der Waals surface area (Å²) in [6, 6.07) is 11.1. The minimum Gasteiger partial charge on any atom is -0.418 e. The van der Waals surface area contributed by atoms with Crippen molar-refractivity contribution in [2.24, 2.45) is 0 Å². The largest absolute Gasteiger partial charge is 0.418 e. The number of rotatable bonds is 4. The highest BCUT2D eigenvalue weighted by atomic mass is 19.1. The fraction of sp³-hybridized carbons (Fsp3) is 0.211. The number of non-ortho nitro benzene ring substituents is 1. The highest BCUT2D eigenvalue weighted by Gasteiger charge is 2.34. The van der Waals surface area contributed by atoms with Crippen LogP contribution in [0.4, 0.5) is 10.1 Å². The topological polar surface area (TPSA) is 102 Å². The molecule has 1 amide bonds. The van der Waals surface area contributed by atoms with Gasteiger partial charge in [-0.1, -0.05) is 12.1 Å². The first-order chi connectivity index (χ1) is 13.5. The molecule has 3 aromatic rings. The van der Waals surface area contributed by atoms with E-state index in [-0.39, 0.29) is 28.9 Å². The van der Waals surface area contributed by atoms with E-state index in [2.05, 4.69) is 10.2 Å². The fourth-order valence-electron chi connectivity index (χ4n) is 3.27. The van der Waals surface area contributed by atoms with Crippen molar-refractivity contribution in [1.29, 1.82) is 0 Å². The molecule has 1 unspecified atom stereocenters. The number of amides is 1. The van der Waals surface area contributed by atoms with Crippen molar-refractivity contribution in [3.8, 4) is 11.5 Å². The highest BCUT2D eigenvalue weighted by Crippen LogP contribution is 2.34. The van der Waals surface area contributed by atoms with Crippen LogP contribution in [-0.4, -0.2) is 32.5 Å². The SMILES string of the molecule is O=C(c1ccc([N+](=O)[O-])cc1)N1CCCC1c1nnc(-c2ccccc2F)o1. The summed E-state index contributed by atoms with van der Waals surface area (Å²) in [7, 11) is 0. The van der Waals surface area contributed by atoms with Crippen molar-refractivity contribution < 1.29 is 18.5 Å². The van der Waals surface area contributed by atoms with Gasteiger partial charge in [0.1, 0.15) is 11.9 Å². The molecule has 1 atom stereocenters. The van der Waals surface area contributed by atoms with E-state index in [1.807, 2.05) is 0 Å². The Kier molecular flexibility index (Phi) is 4.56. The Bertz CT molecular complexity index is 1030. The highest BCUT2D eigenvalue weighted by molar-refractivity contribution is 5.94. The van der Waals surface area contributed by atoms with Crippen LogP contribution in [0.2, 0.25) is 0 Å². The van der Waals surface area contributed by atoms with E-state index < -0.39 is 16.8 Å². The number of nitro groups is 1. The average Bonchev–Trinajstić information content (AvgIpc) is 3.37. The number of benzene rings is 2. The molecule has 1 saturated heterocycles. The van der Waals surface area contributed by atoms with Crippen molar-refractivity contribution in [2.75, 3.05) is 6.54 Å². The zero-order valence-electron chi connectivity index (χ0n) is 14.6. The summed E-state index contributed by atoms with van der Waals surface area (Å²) in [6.07, 6.45) is 1.39. The Morgan fingerprint density at radius 2 is 1.93 bits per heavy atom. The van der Waals surface area contributed by atoms with Gasteiger partial charge in [-0.05, 0) is 37.1 Å². The number of hydrogen-bond acceptors (Lipinski definition) is 6. The average molecular weight is 382 g/mol. The maximum absolute atomic E-state index is 13.9. The number of carbonyl (C=O) groups excluding carboxylic acids is 1. The number of likely N-dealkylation sites (tertiary alicyclic amines) is 1. The predicted octanol–water partition coefficient (Wildman–Crippen LogP) is 3.76. The van der Waals surface area contributed by atoms with Gasteiger partial charge in [-0.25, -0.2) is 4.39 Å². The van der Waals surface area contributed by atoms with Gasteiger partial charge in [0.15, 0.2) is 0 Å². The van der Waals surface area contributed by atoms with Gasteiger partial charge < -0.3 is 9.32 Å². The molecule has 0 bridgehead atoms. The Hall–Kier alpha value is -3.62. The summed E-state index contributed by atoms with van der Waals surface area (Å²) in [4.78, 5) is 24.7. The number of halogens is 1. The summed E-state index contributed by atoms with van der Waals surface area (Å²) in [6.45, 7) is 0.498.